The van der Waals surface area contributed by atoms with E-state index in [2.05, 4.69) is 6.92 Å². The molecule has 0 aliphatic heterocycles. The van der Waals surface area contributed by atoms with Gasteiger partial charge in [0.1, 0.15) is 0 Å². The number of ether oxygens (including phenoxy) is 3. The largest absolute Gasteiger partial charge is 0.490 e. The van der Waals surface area contributed by atoms with Gasteiger partial charge in [-0.2, -0.15) is 0 Å². The lowest BCUT2D eigenvalue weighted by Gasteiger charge is -2.22. The van der Waals surface area contributed by atoms with Crippen LogP contribution in [0.5, 0.6) is 11.5 Å². The van der Waals surface area contributed by atoms with E-state index < -0.39 is 0 Å². The lowest BCUT2D eigenvalue weighted by atomic mass is 10.00. The van der Waals surface area contributed by atoms with Gasteiger partial charge in [-0.15, -0.1) is 0 Å². The van der Waals surface area contributed by atoms with Gasteiger partial charge in [-0.1, -0.05) is 13.0 Å². The van der Waals surface area contributed by atoms with Gasteiger partial charge in [0.15, 0.2) is 11.5 Å². The first-order valence-corrected chi connectivity index (χ1v) is 6.85. The lowest BCUT2D eigenvalue weighted by molar-refractivity contribution is 0.0771. The monoisotopic (exact) mass is 267 g/mol. The summed E-state index contributed by atoms with van der Waals surface area (Å²) in [6.07, 6.45) is 0.877. The second kappa shape index (κ2) is 8.02. The molecule has 1 aromatic rings. The molecular formula is C15H25NO3. The highest BCUT2D eigenvalue weighted by Crippen LogP contribution is 2.31. The van der Waals surface area contributed by atoms with Gasteiger partial charge in [-0.3, -0.25) is 0 Å². The van der Waals surface area contributed by atoms with Gasteiger partial charge < -0.3 is 19.9 Å². The van der Waals surface area contributed by atoms with Gasteiger partial charge in [-0.25, -0.2) is 0 Å². The highest BCUT2D eigenvalue weighted by molar-refractivity contribution is 5.44. The molecule has 1 aromatic carbocycles. The summed E-state index contributed by atoms with van der Waals surface area (Å²) in [5.41, 5.74) is 7.23. The van der Waals surface area contributed by atoms with Gasteiger partial charge >= 0.3 is 0 Å². The van der Waals surface area contributed by atoms with E-state index in [4.69, 9.17) is 19.9 Å². The molecule has 19 heavy (non-hydrogen) atoms. The molecule has 108 valence electrons. The second-order valence-corrected chi connectivity index (χ2v) is 4.28. The maximum absolute atomic E-state index is 6.23. The van der Waals surface area contributed by atoms with E-state index in [0.717, 1.165) is 23.5 Å². The van der Waals surface area contributed by atoms with E-state index >= 15 is 0 Å². The summed E-state index contributed by atoms with van der Waals surface area (Å²) in [5, 5.41) is 0. The number of nitrogens with two attached hydrogens (primary N) is 1. The van der Waals surface area contributed by atoms with Crippen LogP contribution in [0.15, 0.2) is 18.2 Å². The lowest BCUT2D eigenvalue weighted by Crippen LogP contribution is -2.27. The first-order valence-electron chi connectivity index (χ1n) is 6.85. The van der Waals surface area contributed by atoms with Crippen molar-refractivity contribution < 1.29 is 14.2 Å². The minimum atomic E-state index is -0.162. The fourth-order valence-electron chi connectivity index (χ4n) is 2.06. The van der Waals surface area contributed by atoms with E-state index in [1.807, 2.05) is 32.0 Å². The fraction of sp³-hybridized carbons (Fsp3) is 0.600. The van der Waals surface area contributed by atoms with Crippen LogP contribution in [0.4, 0.5) is 0 Å². The van der Waals surface area contributed by atoms with Gasteiger partial charge in [-0.05, 0) is 38.0 Å². The molecular weight excluding hydrogens is 242 g/mol. The van der Waals surface area contributed by atoms with E-state index in [-0.39, 0.29) is 12.1 Å². The van der Waals surface area contributed by atoms with Crippen LogP contribution in [0.3, 0.4) is 0 Å². The normalized spacial score (nSPS) is 13.9. The number of hydrogen-bond donors (Lipinski definition) is 1. The van der Waals surface area contributed by atoms with Crippen molar-refractivity contribution in [2.45, 2.75) is 39.3 Å². The zero-order chi connectivity index (χ0) is 14.3. The molecule has 0 bridgehead atoms. The predicted molar refractivity (Wildman–Crippen MR) is 76.8 cm³/mol. The third-order valence-electron chi connectivity index (χ3n) is 3.06. The third kappa shape index (κ3) is 4.11. The molecule has 0 aromatic heterocycles. The highest BCUT2D eigenvalue weighted by atomic mass is 16.5. The Labute approximate surface area is 115 Å². The summed E-state index contributed by atoms with van der Waals surface area (Å²) in [6, 6.07) is 5.66. The molecule has 0 amide bonds. The van der Waals surface area contributed by atoms with Crippen LogP contribution in [-0.2, 0) is 4.74 Å². The van der Waals surface area contributed by atoms with Crippen molar-refractivity contribution in [1.29, 1.82) is 0 Å². The van der Waals surface area contributed by atoms with Gasteiger partial charge in [0.25, 0.3) is 0 Å². The molecule has 4 heteroatoms. The van der Waals surface area contributed by atoms with Crippen LogP contribution in [-0.4, -0.2) is 26.4 Å². The number of benzene rings is 1. The molecule has 0 aliphatic rings. The molecule has 0 heterocycles. The molecule has 0 saturated carbocycles. The average molecular weight is 267 g/mol. The average Bonchev–Trinajstić information content (AvgIpc) is 2.42. The van der Waals surface area contributed by atoms with Crippen LogP contribution in [0.25, 0.3) is 0 Å². The molecule has 2 atom stereocenters. The van der Waals surface area contributed by atoms with Gasteiger partial charge in [0, 0.05) is 7.11 Å². The van der Waals surface area contributed by atoms with Crippen molar-refractivity contribution in [3.8, 4) is 11.5 Å². The molecule has 0 fully saturated rings. The molecule has 0 radical (unpaired) electrons. The molecule has 0 saturated heterocycles. The van der Waals surface area contributed by atoms with Crippen LogP contribution < -0.4 is 15.2 Å². The minimum absolute atomic E-state index is 0.00687. The minimum Gasteiger partial charge on any atom is -0.490 e. The third-order valence-corrected chi connectivity index (χ3v) is 3.06. The first kappa shape index (κ1) is 15.8. The van der Waals surface area contributed by atoms with Gasteiger partial charge in [0.05, 0.1) is 25.4 Å². The zero-order valence-electron chi connectivity index (χ0n) is 12.3. The van der Waals surface area contributed by atoms with Crippen LogP contribution >= 0.6 is 0 Å². The highest BCUT2D eigenvalue weighted by Gasteiger charge is 2.19. The molecule has 0 aliphatic carbocycles. The van der Waals surface area contributed by atoms with Crippen molar-refractivity contribution in [3.05, 3.63) is 23.8 Å². The first-order chi connectivity index (χ1) is 9.17. The van der Waals surface area contributed by atoms with Crippen molar-refractivity contribution in [2.24, 2.45) is 5.73 Å². The summed E-state index contributed by atoms with van der Waals surface area (Å²) in [4.78, 5) is 0. The molecule has 2 N–H and O–H groups in total. The predicted octanol–water partition coefficient (Wildman–Crippen LogP) is 2.91. The SMILES string of the molecule is CCOc1ccc(C(N)C(CC)OC)cc1OCC. The van der Waals surface area contributed by atoms with Gasteiger partial charge in [0.2, 0.25) is 0 Å². The van der Waals surface area contributed by atoms with Crippen molar-refractivity contribution in [2.75, 3.05) is 20.3 Å². The molecule has 2 unspecified atom stereocenters. The second-order valence-electron chi connectivity index (χ2n) is 4.28. The fourth-order valence-corrected chi connectivity index (χ4v) is 2.06. The Morgan fingerprint density at radius 1 is 1.05 bits per heavy atom. The smallest absolute Gasteiger partial charge is 0.161 e. The summed E-state index contributed by atoms with van der Waals surface area (Å²) >= 11 is 0. The zero-order valence-corrected chi connectivity index (χ0v) is 12.3. The quantitative estimate of drug-likeness (QED) is 0.787. The Morgan fingerprint density at radius 2 is 1.68 bits per heavy atom. The number of hydrogen-bond acceptors (Lipinski definition) is 4. The van der Waals surface area contributed by atoms with E-state index in [1.165, 1.54) is 0 Å². The molecule has 0 spiro atoms. The van der Waals surface area contributed by atoms with Crippen molar-refractivity contribution in [1.82, 2.24) is 0 Å². The van der Waals surface area contributed by atoms with Crippen LogP contribution in [0.1, 0.15) is 38.8 Å². The Morgan fingerprint density at radius 3 is 2.21 bits per heavy atom. The topological polar surface area (TPSA) is 53.7 Å². The molecule has 1 rings (SSSR count). The number of methoxy groups -OCH3 is 1. The van der Waals surface area contributed by atoms with Crippen molar-refractivity contribution in [3.63, 3.8) is 0 Å². The maximum atomic E-state index is 6.23. The standard InChI is InChI=1S/C15H25NO3/c1-5-12(17-4)15(16)11-8-9-13(18-6-2)14(10-11)19-7-3/h8-10,12,15H,5-7,16H2,1-4H3. The summed E-state index contributed by atoms with van der Waals surface area (Å²) in [7, 11) is 1.69. The van der Waals surface area contributed by atoms with E-state index in [0.29, 0.717) is 13.2 Å². The summed E-state index contributed by atoms with van der Waals surface area (Å²) in [6.45, 7) is 7.17. The van der Waals surface area contributed by atoms with Crippen molar-refractivity contribution >= 4 is 0 Å². The summed E-state index contributed by atoms with van der Waals surface area (Å²) < 4.78 is 16.5. The Kier molecular flexibility index (Phi) is 6.67. The van der Waals surface area contributed by atoms with E-state index in [1.54, 1.807) is 7.11 Å². The van der Waals surface area contributed by atoms with Crippen LogP contribution in [0.2, 0.25) is 0 Å². The van der Waals surface area contributed by atoms with Crippen LogP contribution in [0, 0.1) is 0 Å². The number of rotatable bonds is 8. The Hall–Kier alpha value is -1.26. The van der Waals surface area contributed by atoms with E-state index in [9.17, 15) is 0 Å². The Balaban J connectivity index is 2.99. The maximum Gasteiger partial charge on any atom is 0.161 e. The Bertz CT molecular complexity index is 378. The summed E-state index contributed by atoms with van der Waals surface area (Å²) in [5.74, 6) is 1.49. The molecule has 4 nitrogen and oxygen atoms in total.